The monoisotopic (exact) mass is 367 g/mol. The zero-order valence-corrected chi connectivity index (χ0v) is 13.6. The summed E-state index contributed by atoms with van der Waals surface area (Å²) >= 11 is 0. The van der Waals surface area contributed by atoms with Crippen LogP contribution >= 0.6 is 24.0 Å². The first-order valence-corrected chi connectivity index (χ1v) is 7.05. The van der Waals surface area contributed by atoms with Gasteiger partial charge < -0.3 is 15.4 Å². The molecule has 0 radical (unpaired) electrons. The van der Waals surface area contributed by atoms with E-state index in [2.05, 4.69) is 22.5 Å². The molecule has 0 aromatic heterocycles. The van der Waals surface area contributed by atoms with Crippen LogP contribution in [-0.4, -0.2) is 37.8 Å². The molecule has 1 aliphatic heterocycles. The number of ether oxygens (including phenoxy) is 1. The normalized spacial score (nSPS) is 23.6. The number of halogens is 1. The zero-order chi connectivity index (χ0) is 11.9. The van der Waals surface area contributed by atoms with E-state index >= 15 is 0 Å². The van der Waals surface area contributed by atoms with Crippen LogP contribution in [0.1, 0.15) is 45.4 Å². The van der Waals surface area contributed by atoms with Crippen molar-refractivity contribution in [3.63, 3.8) is 0 Å². The molecule has 1 saturated heterocycles. The first-order chi connectivity index (χ1) is 8.38. The van der Waals surface area contributed by atoms with Crippen molar-refractivity contribution in [2.75, 3.05) is 19.7 Å². The molecule has 1 atom stereocenters. The molecule has 0 bridgehead atoms. The third-order valence-electron chi connectivity index (χ3n) is 3.22. The van der Waals surface area contributed by atoms with E-state index in [4.69, 9.17) is 4.74 Å². The maximum Gasteiger partial charge on any atom is 0.191 e. The van der Waals surface area contributed by atoms with E-state index in [1.54, 1.807) is 0 Å². The fourth-order valence-electron chi connectivity index (χ4n) is 1.94. The molecule has 0 aromatic carbocycles. The van der Waals surface area contributed by atoms with Crippen LogP contribution in [0.4, 0.5) is 0 Å². The second-order valence-corrected chi connectivity index (χ2v) is 5.02. The average Bonchev–Trinajstić information content (AvgIpc) is 2.99. The maximum absolute atomic E-state index is 5.59. The minimum absolute atomic E-state index is 0. The van der Waals surface area contributed by atoms with Crippen LogP contribution in [0.2, 0.25) is 0 Å². The Morgan fingerprint density at radius 1 is 1.33 bits per heavy atom. The topological polar surface area (TPSA) is 45.7 Å². The van der Waals surface area contributed by atoms with E-state index in [1.807, 2.05) is 0 Å². The molecule has 1 aliphatic carbocycles. The SMILES string of the molecule is CCCCNC(=NCC1CCCO1)NC1CC1.I. The predicted octanol–water partition coefficient (Wildman–Crippen LogP) is 2.28. The Kier molecular flexibility index (Phi) is 7.97. The van der Waals surface area contributed by atoms with Crippen LogP contribution in [0.25, 0.3) is 0 Å². The van der Waals surface area contributed by atoms with Gasteiger partial charge >= 0.3 is 0 Å². The van der Waals surface area contributed by atoms with Gasteiger partial charge in [0, 0.05) is 19.2 Å². The molecule has 2 N–H and O–H groups in total. The third-order valence-corrected chi connectivity index (χ3v) is 3.22. The summed E-state index contributed by atoms with van der Waals surface area (Å²) in [6.45, 7) is 4.93. The van der Waals surface area contributed by atoms with Crippen LogP contribution in [0, 0.1) is 0 Å². The van der Waals surface area contributed by atoms with Crippen molar-refractivity contribution in [1.29, 1.82) is 0 Å². The lowest BCUT2D eigenvalue weighted by Gasteiger charge is -2.13. The number of aliphatic imine (C=N–C) groups is 1. The lowest BCUT2D eigenvalue weighted by molar-refractivity contribution is 0.117. The van der Waals surface area contributed by atoms with E-state index in [9.17, 15) is 0 Å². The summed E-state index contributed by atoms with van der Waals surface area (Å²) in [7, 11) is 0. The molecule has 18 heavy (non-hydrogen) atoms. The lowest BCUT2D eigenvalue weighted by Crippen LogP contribution is -2.39. The standard InChI is InChI=1S/C13H25N3O.HI/c1-2-3-8-14-13(16-11-6-7-11)15-10-12-5-4-9-17-12;/h11-12H,2-10H2,1H3,(H2,14,15,16);1H. The zero-order valence-electron chi connectivity index (χ0n) is 11.3. The minimum Gasteiger partial charge on any atom is -0.376 e. The van der Waals surface area contributed by atoms with Gasteiger partial charge in [0.15, 0.2) is 5.96 Å². The van der Waals surface area contributed by atoms with Gasteiger partial charge in [-0.25, -0.2) is 0 Å². The molecule has 106 valence electrons. The Morgan fingerprint density at radius 2 is 2.17 bits per heavy atom. The van der Waals surface area contributed by atoms with Crippen molar-refractivity contribution >= 4 is 29.9 Å². The summed E-state index contributed by atoms with van der Waals surface area (Å²) in [5.41, 5.74) is 0. The van der Waals surface area contributed by atoms with E-state index in [-0.39, 0.29) is 24.0 Å². The molecule has 4 nitrogen and oxygen atoms in total. The first kappa shape index (κ1) is 16.0. The number of hydrogen-bond acceptors (Lipinski definition) is 2. The van der Waals surface area contributed by atoms with Crippen LogP contribution < -0.4 is 10.6 Å². The Bertz CT molecular complexity index is 251. The van der Waals surface area contributed by atoms with Gasteiger partial charge in [-0.1, -0.05) is 13.3 Å². The summed E-state index contributed by atoms with van der Waals surface area (Å²) < 4.78 is 5.59. The van der Waals surface area contributed by atoms with Crippen molar-refractivity contribution < 1.29 is 4.74 Å². The molecule has 1 unspecified atom stereocenters. The molecule has 0 spiro atoms. The van der Waals surface area contributed by atoms with Crippen LogP contribution in [0.15, 0.2) is 4.99 Å². The summed E-state index contributed by atoms with van der Waals surface area (Å²) in [5, 5.41) is 6.86. The molecule has 2 fully saturated rings. The van der Waals surface area contributed by atoms with Crippen molar-refractivity contribution in [1.82, 2.24) is 10.6 Å². The Labute approximate surface area is 127 Å². The smallest absolute Gasteiger partial charge is 0.191 e. The number of guanidine groups is 1. The van der Waals surface area contributed by atoms with Gasteiger partial charge in [-0.15, -0.1) is 24.0 Å². The number of nitrogens with zero attached hydrogens (tertiary/aromatic N) is 1. The lowest BCUT2D eigenvalue weighted by atomic mass is 10.2. The molecule has 0 aromatic rings. The minimum atomic E-state index is 0. The highest BCUT2D eigenvalue weighted by Gasteiger charge is 2.22. The number of unbranched alkanes of at least 4 members (excludes halogenated alkanes) is 1. The van der Waals surface area contributed by atoms with Crippen molar-refractivity contribution in [3.8, 4) is 0 Å². The quantitative estimate of drug-likeness (QED) is 0.328. The van der Waals surface area contributed by atoms with Gasteiger partial charge in [0.2, 0.25) is 0 Å². The summed E-state index contributed by atoms with van der Waals surface area (Å²) in [6, 6.07) is 0.660. The van der Waals surface area contributed by atoms with Gasteiger partial charge in [-0.2, -0.15) is 0 Å². The molecule has 2 rings (SSSR count). The van der Waals surface area contributed by atoms with Gasteiger partial charge in [0.1, 0.15) is 0 Å². The molecule has 2 aliphatic rings. The van der Waals surface area contributed by atoms with Crippen LogP contribution in [0.3, 0.4) is 0 Å². The van der Waals surface area contributed by atoms with Crippen molar-refractivity contribution in [2.45, 2.75) is 57.6 Å². The van der Waals surface area contributed by atoms with Crippen LogP contribution in [0.5, 0.6) is 0 Å². The number of rotatable bonds is 6. The Balaban J connectivity index is 0.00000162. The third kappa shape index (κ3) is 6.22. The van der Waals surface area contributed by atoms with Crippen molar-refractivity contribution in [2.24, 2.45) is 4.99 Å². The summed E-state index contributed by atoms with van der Waals surface area (Å²) in [6.07, 6.45) is 7.69. The van der Waals surface area contributed by atoms with Crippen LogP contribution in [-0.2, 0) is 4.74 Å². The average molecular weight is 367 g/mol. The predicted molar refractivity (Wildman–Crippen MR) is 85.8 cm³/mol. The number of nitrogens with one attached hydrogen (secondary N) is 2. The highest BCUT2D eigenvalue weighted by atomic mass is 127. The van der Waals surface area contributed by atoms with Gasteiger partial charge in [0.05, 0.1) is 12.6 Å². The molecule has 5 heteroatoms. The van der Waals surface area contributed by atoms with E-state index in [0.29, 0.717) is 12.1 Å². The Hall–Kier alpha value is -0.0400. The summed E-state index contributed by atoms with van der Waals surface area (Å²) in [5.74, 6) is 0.983. The first-order valence-electron chi connectivity index (χ1n) is 7.05. The molecular formula is C13H26IN3O. The number of hydrogen-bond donors (Lipinski definition) is 2. The van der Waals surface area contributed by atoms with Gasteiger partial charge in [-0.05, 0) is 32.1 Å². The van der Waals surface area contributed by atoms with Gasteiger partial charge in [0.25, 0.3) is 0 Å². The van der Waals surface area contributed by atoms with E-state index < -0.39 is 0 Å². The van der Waals surface area contributed by atoms with E-state index in [1.165, 1.54) is 32.1 Å². The van der Waals surface area contributed by atoms with Gasteiger partial charge in [-0.3, -0.25) is 4.99 Å². The maximum atomic E-state index is 5.59. The molecule has 1 heterocycles. The largest absolute Gasteiger partial charge is 0.376 e. The fraction of sp³-hybridized carbons (Fsp3) is 0.923. The second kappa shape index (κ2) is 8.96. The molecular weight excluding hydrogens is 341 g/mol. The highest BCUT2D eigenvalue weighted by Crippen LogP contribution is 2.18. The Morgan fingerprint density at radius 3 is 2.78 bits per heavy atom. The second-order valence-electron chi connectivity index (χ2n) is 5.02. The highest BCUT2D eigenvalue weighted by molar-refractivity contribution is 14.0. The molecule has 0 amide bonds. The summed E-state index contributed by atoms with van der Waals surface area (Å²) in [4.78, 5) is 4.63. The van der Waals surface area contributed by atoms with E-state index in [0.717, 1.165) is 32.1 Å². The fourth-order valence-corrected chi connectivity index (χ4v) is 1.94. The molecule has 1 saturated carbocycles. The van der Waals surface area contributed by atoms with Crippen molar-refractivity contribution in [3.05, 3.63) is 0 Å².